The van der Waals surface area contributed by atoms with Gasteiger partial charge in [-0.15, -0.1) is 0 Å². The van der Waals surface area contributed by atoms with Crippen LogP contribution in [0.5, 0.6) is 0 Å². The molecule has 0 bridgehead atoms. The highest BCUT2D eigenvalue weighted by Crippen LogP contribution is 2.26. The van der Waals surface area contributed by atoms with Gasteiger partial charge in [0.2, 0.25) is 0 Å². The van der Waals surface area contributed by atoms with Crippen LogP contribution in [0.3, 0.4) is 0 Å². The topological polar surface area (TPSA) is 26.3 Å². The number of ether oxygens (including phenoxy) is 1. The van der Waals surface area contributed by atoms with Gasteiger partial charge in [-0.3, -0.25) is 4.79 Å². The maximum absolute atomic E-state index is 10.9. The third-order valence-electron chi connectivity index (χ3n) is 2.60. The third-order valence-corrected chi connectivity index (χ3v) is 3.30. The summed E-state index contributed by atoms with van der Waals surface area (Å²) >= 11 is 1.66. The van der Waals surface area contributed by atoms with Crippen LogP contribution in [0.25, 0.3) is 0 Å². The molecule has 17 heavy (non-hydrogen) atoms. The largest absolute Gasteiger partial charge is 0.465 e. The van der Waals surface area contributed by atoms with Gasteiger partial charge >= 0.3 is 5.97 Å². The summed E-state index contributed by atoms with van der Waals surface area (Å²) in [5.74, 6) is -0.104. The molecule has 0 radical (unpaired) electrons. The molecule has 2 rings (SSSR count). The van der Waals surface area contributed by atoms with Crippen molar-refractivity contribution in [2.24, 2.45) is 0 Å². The van der Waals surface area contributed by atoms with Crippen LogP contribution in [0.15, 0.2) is 47.2 Å². The van der Waals surface area contributed by atoms with Gasteiger partial charge < -0.3 is 4.74 Å². The lowest BCUT2D eigenvalue weighted by molar-refractivity contribution is -0.141. The minimum Gasteiger partial charge on any atom is -0.465 e. The summed E-state index contributed by atoms with van der Waals surface area (Å²) < 4.78 is 5.15. The minimum absolute atomic E-state index is 0.131. The van der Waals surface area contributed by atoms with Crippen LogP contribution in [-0.2, 0) is 9.53 Å². The van der Waals surface area contributed by atoms with Gasteiger partial charge in [-0.1, -0.05) is 30.3 Å². The summed E-state index contributed by atoms with van der Waals surface area (Å²) in [5.41, 5.74) is 2.37. The van der Waals surface area contributed by atoms with Crippen molar-refractivity contribution < 1.29 is 9.53 Å². The van der Waals surface area contributed by atoms with Gasteiger partial charge in [-0.2, -0.15) is 11.3 Å². The number of carbonyl (C=O) groups is 1. The zero-order valence-electron chi connectivity index (χ0n) is 9.63. The third kappa shape index (κ3) is 3.17. The van der Waals surface area contributed by atoms with E-state index in [4.69, 9.17) is 4.74 Å². The first-order chi connectivity index (χ1) is 8.27. The molecule has 1 aromatic carbocycles. The number of thiophene rings is 1. The first-order valence-electron chi connectivity index (χ1n) is 5.48. The fourth-order valence-corrected chi connectivity index (χ4v) is 2.46. The highest BCUT2D eigenvalue weighted by atomic mass is 32.1. The summed E-state index contributed by atoms with van der Waals surface area (Å²) in [6.07, 6.45) is 0. The zero-order valence-corrected chi connectivity index (χ0v) is 10.4. The van der Waals surface area contributed by atoms with Crippen LogP contribution in [0.4, 0.5) is 0 Å². The van der Waals surface area contributed by atoms with Crippen molar-refractivity contribution in [1.82, 2.24) is 0 Å². The molecule has 0 aliphatic carbocycles. The number of carbonyl (C=O) groups excluding carboxylic acids is 1. The monoisotopic (exact) mass is 246 g/mol. The van der Waals surface area contributed by atoms with E-state index >= 15 is 0 Å². The van der Waals surface area contributed by atoms with Crippen LogP contribution >= 0.6 is 11.3 Å². The summed E-state index contributed by atoms with van der Waals surface area (Å²) in [6.45, 7) is 1.84. The van der Waals surface area contributed by atoms with Crippen molar-refractivity contribution in [2.75, 3.05) is 6.61 Å². The molecule has 1 heterocycles. The number of benzene rings is 1. The molecule has 1 aromatic heterocycles. The van der Waals surface area contributed by atoms with E-state index in [-0.39, 0.29) is 11.9 Å². The van der Waals surface area contributed by atoms with E-state index in [1.54, 1.807) is 11.3 Å². The number of esters is 1. The average molecular weight is 246 g/mol. The van der Waals surface area contributed by atoms with Gasteiger partial charge in [0.15, 0.2) is 0 Å². The fourth-order valence-electron chi connectivity index (χ4n) is 1.74. The predicted octanol–water partition coefficient (Wildman–Crippen LogP) is 3.44. The lowest BCUT2D eigenvalue weighted by Gasteiger charge is -2.15. The number of hydrogen-bond acceptors (Lipinski definition) is 3. The van der Waals surface area contributed by atoms with E-state index in [1.165, 1.54) is 18.1 Å². The van der Waals surface area contributed by atoms with E-state index in [9.17, 15) is 4.79 Å². The lowest BCUT2D eigenvalue weighted by atomic mass is 9.94. The van der Waals surface area contributed by atoms with E-state index in [2.05, 4.69) is 23.6 Å². The Morgan fingerprint density at radius 3 is 2.59 bits per heavy atom. The van der Waals surface area contributed by atoms with Crippen molar-refractivity contribution in [3.05, 3.63) is 58.3 Å². The van der Waals surface area contributed by atoms with Crippen LogP contribution in [0.1, 0.15) is 24.0 Å². The quantitative estimate of drug-likeness (QED) is 0.772. The molecule has 0 spiro atoms. The van der Waals surface area contributed by atoms with Crippen LogP contribution in [0, 0.1) is 0 Å². The first kappa shape index (κ1) is 11.9. The highest BCUT2D eigenvalue weighted by Gasteiger charge is 2.15. The predicted molar refractivity (Wildman–Crippen MR) is 69.2 cm³/mol. The highest BCUT2D eigenvalue weighted by molar-refractivity contribution is 7.08. The van der Waals surface area contributed by atoms with Crippen LogP contribution in [-0.4, -0.2) is 12.6 Å². The molecule has 1 atom stereocenters. The van der Waals surface area contributed by atoms with Crippen molar-refractivity contribution in [1.29, 1.82) is 0 Å². The van der Waals surface area contributed by atoms with Crippen molar-refractivity contribution in [3.8, 4) is 0 Å². The summed E-state index contributed by atoms with van der Waals surface area (Å²) in [6, 6.07) is 12.2. The van der Waals surface area contributed by atoms with Crippen molar-refractivity contribution in [2.45, 2.75) is 12.8 Å². The molecular weight excluding hydrogens is 232 g/mol. The summed E-state index contributed by atoms with van der Waals surface area (Å²) in [5, 5.41) is 4.14. The van der Waals surface area contributed by atoms with Gasteiger partial charge in [0, 0.05) is 12.8 Å². The molecule has 0 saturated heterocycles. The Labute approximate surface area is 105 Å². The average Bonchev–Trinajstić information content (AvgIpc) is 2.84. The Bertz CT molecular complexity index is 462. The van der Waals surface area contributed by atoms with Gasteiger partial charge in [0.1, 0.15) is 6.61 Å². The normalized spacial score (nSPS) is 12.1. The van der Waals surface area contributed by atoms with E-state index in [0.29, 0.717) is 6.61 Å². The number of hydrogen-bond donors (Lipinski definition) is 0. The molecule has 2 nitrogen and oxygen atoms in total. The summed E-state index contributed by atoms with van der Waals surface area (Å²) in [7, 11) is 0. The molecule has 0 saturated carbocycles. The Morgan fingerprint density at radius 1 is 1.24 bits per heavy atom. The molecule has 0 fully saturated rings. The molecule has 0 aliphatic heterocycles. The Balaban J connectivity index is 2.22. The second kappa shape index (κ2) is 5.64. The van der Waals surface area contributed by atoms with Crippen molar-refractivity contribution in [3.63, 3.8) is 0 Å². The SMILES string of the molecule is CC(=O)OCC(c1ccccc1)c1ccsc1. The molecule has 3 heteroatoms. The molecule has 0 N–H and O–H groups in total. The van der Waals surface area contributed by atoms with Crippen LogP contribution < -0.4 is 0 Å². The maximum Gasteiger partial charge on any atom is 0.302 e. The van der Waals surface area contributed by atoms with Gasteiger partial charge in [0.25, 0.3) is 0 Å². The molecular formula is C14H14O2S. The molecule has 0 aliphatic rings. The molecule has 1 unspecified atom stereocenters. The second-order valence-corrected chi connectivity index (χ2v) is 4.60. The maximum atomic E-state index is 10.9. The molecule has 0 amide bonds. The molecule has 2 aromatic rings. The zero-order chi connectivity index (χ0) is 12.1. The second-order valence-electron chi connectivity index (χ2n) is 3.82. The fraction of sp³-hybridized carbons (Fsp3) is 0.214. The lowest BCUT2D eigenvalue weighted by Crippen LogP contribution is -2.11. The van der Waals surface area contributed by atoms with E-state index in [0.717, 1.165) is 0 Å². The van der Waals surface area contributed by atoms with Gasteiger partial charge in [-0.25, -0.2) is 0 Å². The van der Waals surface area contributed by atoms with Gasteiger partial charge in [-0.05, 0) is 28.0 Å². The van der Waals surface area contributed by atoms with E-state index in [1.807, 2.05) is 23.6 Å². The molecule has 88 valence electrons. The Morgan fingerprint density at radius 2 is 2.00 bits per heavy atom. The smallest absolute Gasteiger partial charge is 0.302 e. The first-order valence-corrected chi connectivity index (χ1v) is 6.42. The van der Waals surface area contributed by atoms with Crippen molar-refractivity contribution >= 4 is 17.3 Å². The Kier molecular flexibility index (Phi) is 3.94. The summed E-state index contributed by atoms with van der Waals surface area (Å²) in [4.78, 5) is 10.9. The standard InChI is InChI=1S/C14H14O2S/c1-11(15)16-9-14(13-7-8-17-10-13)12-5-3-2-4-6-12/h2-8,10,14H,9H2,1H3. The van der Waals surface area contributed by atoms with Crippen LogP contribution in [0.2, 0.25) is 0 Å². The Hall–Kier alpha value is -1.61. The van der Waals surface area contributed by atoms with E-state index < -0.39 is 0 Å². The van der Waals surface area contributed by atoms with Gasteiger partial charge in [0.05, 0.1) is 0 Å². The number of rotatable bonds is 4. The minimum atomic E-state index is -0.235.